The summed E-state index contributed by atoms with van der Waals surface area (Å²) in [7, 11) is 0. The van der Waals surface area contributed by atoms with Gasteiger partial charge in [-0.3, -0.25) is 4.79 Å². The minimum Gasteiger partial charge on any atom is -0.424 e. The van der Waals surface area contributed by atoms with Crippen LogP contribution in [0.1, 0.15) is 5.56 Å². The second-order valence-corrected chi connectivity index (χ2v) is 5.49. The lowest BCUT2D eigenvalue weighted by atomic mass is 10.2. The molecular weight excluding hydrogens is 330 g/mol. The molecule has 2 aromatic carbocycles. The Labute approximate surface area is 151 Å². The fraction of sp³-hybridized carbons (Fsp3) is 0.150. The van der Waals surface area contributed by atoms with Crippen LogP contribution in [0.4, 0.5) is 5.69 Å². The Morgan fingerprint density at radius 2 is 1.65 bits per heavy atom. The van der Waals surface area contributed by atoms with Gasteiger partial charge in [0.1, 0.15) is 12.4 Å². The van der Waals surface area contributed by atoms with Crippen molar-refractivity contribution in [1.29, 1.82) is 0 Å². The highest BCUT2D eigenvalue weighted by molar-refractivity contribution is 5.91. The lowest BCUT2D eigenvalue weighted by molar-refractivity contribution is -0.120. The molecule has 3 rings (SSSR count). The Kier molecular flexibility index (Phi) is 6.28. The lowest BCUT2D eigenvalue weighted by Gasteiger charge is -2.08. The summed E-state index contributed by atoms with van der Waals surface area (Å²) in [5.41, 5.74) is 1.86. The summed E-state index contributed by atoms with van der Waals surface area (Å²) in [6.45, 7) is 0.518. The fourth-order valence-corrected chi connectivity index (χ4v) is 2.25. The van der Waals surface area contributed by atoms with E-state index in [0.717, 1.165) is 6.42 Å². The van der Waals surface area contributed by atoms with E-state index >= 15 is 0 Å². The molecule has 132 valence electrons. The zero-order valence-electron chi connectivity index (χ0n) is 14.2. The zero-order valence-corrected chi connectivity index (χ0v) is 14.2. The number of carbonyl (C=O) groups excluding carboxylic acids is 1. The van der Waals surface area contributed by atoms with E-state index in [0.29, 0.717) is 18.0 Å². The summed E-state index contributed by atoms with van der Waals surface area (Å²) < 4.78 is 10.9. The van der Waals surface area contributed by atoms with Crippen molar-refractivity contribution in [3.63, 3.8) is 0 Å². The number of carbonyl (C=O) groups is 1. The van der Waals surface area contributed by atoms with E-state index < -0.39 is 0 Å². The second kappa shape index (κ2) is 9.29. The van der Waals surface area contributed by atoms with Gasteiger partial charge in [0, 0.05) is 18.1 Å². The Morgan fingerprint density at radius 3 is 2.38 bits per heavy atom. The first-order valence-corrected chi connectivity index (χ1v) is 8.26. The second-order valence-electron chi connectivity index (χ2n) is 5.49. The van der Waals surface area contributed by atoms with Crippen LogP contribution in [0.3, 0.4) is 0 Å². The molecule has 6 nitrogen and oxygen atoms in total. The van der Waals surface area contributed by atoms with Crippen LogP contribution in [-0.2, 0) is 16.0 Å². The topological polar surface area (TPSA) is 73.3 Å². The Balaban J connectivity index is 1.40. The molecule has 26 heavy (non-hydrogen) atoms. The number of hydrogen-bond donors (Lipinski definition) is 1. The molecule has 0 saturated heterocycles. The van der Waals surface area contributed by atoms with E-state index in [1.807, 2.05) is 30.3 Å². The summed E-state index contributed by atoms with van der Waals surface area (Å²) in [5.74, 6) is 0.395. The quantitative estimate of drug-likeness (QED) is 0.631. The monoisotopic (exact) mass is 349 g/mol. The number of nitrogens with one attached hydrogen (secondary N) is 1. The molecule has 1 heterocycles. The lowest BCUT2D eigenvalue weighted by Crippen LogP contribution is -2.19. The minimum absolute atomic E-state index is 0.0168. The average molecular weight is 349 g/mol. The van der Waals surface area contributed by atoms with Gasteiger partial charge in [0.15, 0.2) is 0 Å². The van der Waals surface area contributed by atoms with Gasteiger partial charge in [-0.1, -0.05) is 30.3 Å². The zero-order chi connectivity index (χ0) is 18.0. The predicted molar refractivity (Wildman–Crippen MR) is 98.1 cm³/mol. The number of aromatic nitrogens is 2. The number of amides is 1. The van der Waals surface area contributed by atoms with E-state index in [2.05, 4.69) is 15.3 Å². The first kappa shape index (κ1) is 17.6. The smallest absolute Gasteiger partial charge is 0.321 e. The highest BCUT2D eigenvalue weighted by Gasteiger charge is 2.04. The van der Waals surface area contributed by atoms with Gasteiger partial charge in [0.2, 0.25) is 5.91 Å². The molecule has 0 aliphatic carbocycles. The van der Waals surface area contributed by atoms with Crippen molar-refractivity contribution in [2.24, 2.45) is 0 Å². The predicted octanol–water partition coefficient (Wildman–Crippen LogP) is 3.47. The van der Waals surface area contributed by atoms with Crippen molar-refractivity contribution in [1.82, 2.24) is 9.97 Å². The van der Waals surface area contributed by atoms with Gasteiger partial charge in [-0.2, -0.15) is 0 Å². The van der Waals surface area contributed by atoms with Gasteiger partial charge in [0.25, 0.3) is 0 Å². The van der Waals surface area contributed by atoms with Gasteiger partial charge < -0.3 is 14.8 Å². The van der Waals surface area contributed by atoms with Crippen molar-refractivity contribution >= 4 is 11.6 Å². The summed E-state index contributed by atoms with van der Waals surface area (Å²) in [6.07, 6.45) is 3.99. The van der Waals surface area contributed by atoms with Gasteiger partial charge in [-0.25, -0.2) is 9.97 Å². The van der Waals surface area contributed by atoms with Crippen LogP contribution in [0, 0.1) is 0 Å². The standard InChI is InChI=1S/C20H19N3O3/c24-19(15-25-14-11-16-5-2-1-3-6-16)23-17-7-9-18(10-8-17)26-20-21-12-4-13-22-20/h1-10,12-13H,11,14-15H2,(H,23,24). The SMILES string of the molecule is O=C(COCCc1ccccc1)Nc1ccc(Oc2ncccn2)cc1. The maximum atomic E-state index is 11.9. The van der Waals surface area contributed by atoms with Crippen molar-refractivity contribution < 1.29 is 14.3 Å². The molecule has 0 aliphatic heterocycles. The van der Waals surface area contributed by atoms with Gasteiger partial charge in [-0.15, -0.1) is 0 Å². The molecule has 0 atom stereocenters. The van der Waals surface area contributed by atoms with Crippen LogP contribution in [0.25, 0.3) is 0 Å². The van der Waals surface area contributed by atoms with Gasteiger partial charge >= 0.3 is 6.01 Å². The molecular formula is C20H19N3O3. The number of benzene rings is 2. The Bertz CT molecular complexity index is 809. The molecule has 0 aliphatic rings. The third-order valence-electron chi connectivity index (χ3n) is 3.50. The number of rotatable bonds is 8. The first-order valence-electron chi connectivity index (χ1n) is 8.26. The molecule has 6 heteroatoms. The summed E-state index contributed by atoms with van der Waals surface area (Å²) >= 11 is 0. The molecule has 0 radical (unpaired) electrons. The highest BCUT2D eigenvalue weighted by Crippen LogP contribution is 2.19. The van der Waals surface area contributed by atoms with Crippen molar-refractivity contribution in [2.45, 2.75) is 6.42 Å². The van der Waals surface area contributed by atoms with Crippen LogP contribution in [-0.4, -0.2) is 29.1 Å². The Morgan fingerprint density at radius 1 is 0.923 bits per heavy atom. The number of nitrogens with zero attached hydrogens (tertiary/aromatic N) is 2. The van der Waals surface area contributed by atoms with E-state index in [4.69, 9.17) is 9.47 Å². The van der Waals surface area contributed by atoms with Crippen LogP contribution in [0.15, 0.2) is 73.1 Å². The van der Waals surface area contributed by atoms with Crippen molar-refractivity contribution in [2.75, 3.05) is 18.5 Å². The number of ether oxygens (including phenoxy) is 2. The van der Waals surface area contributed by atoms with E-state index in [9.17, 15) is 4.79 Å². The first-order chi connectivity index (χ1) is 12.8. The summed E-state index contributed by atoms with van der Waals surface area (Å²) in [4.78, 5) is 19.9. The molecule has 1 amide bonds. The maximum Gasteiger partial charge on any atom is 0.321 e. The molecule has 0 spiro atoms. The normalized spacial score (nSPS) is 10.3. The van der Waals surface area contributed by atoms with Gasteiger partial charge in [-0.05, 0) is 42.3 Å². The molecule has 3 aromatic rings. The molecule has 0 saturated carbocycles. The van der Waals surface area contributed by atoms with Gasteiger partial charge in [0.05, 0.1) is 6.61 Å². The molecule has 1 aromatic heterocycles. The van der Waals surface area contributed by atoms with Crippen LogP contribution >= 0.6 is 0 Å². The third-order valence-corrected chi connectivity index (χ3v) is 3.50. The van der Waals surface area contributed by atoms with Crippen LogP contribution in [0.5, 0.6) is 11.8 Å². The van der Waals surface area contributed by atoms with Crippen molar-refractivity contribution in [3.8, 4) is 11.8 Å². The average Bonchev–Trinajstić information content (AvgIpc) is 2.68. The number of hydrogen-bond acceptors (Lipinski definition) is 5. The Hall–Kier alpha value is -3.25. The fourth-order valence-electron chi connectivity index (χ4n) is 2.25. The van der Waals surface area contributed by atoms with Crippen LogP contribution in [0.2, 0.25) is 0 Å². The largest absolute Gasteiger partial charge is 0.424 e. The van der Waals surface area contributed by atoms with E-state index in [1.165, 1.54) is 5.56 Å². The molecule has 0 bridgehead atoms. The number of anilines is 1. The molecule has 1 N–H and O–H groups in total. The van der Waals surface area contributed by atoms with Crippen molar-refractivity contribution in [3.05, 3.63) is 78.6 Å². The maximum absolute atomic E-state index is 11.9. The van der Waals surface area contributed by atoms with E-state index in [1.54, 1.807) is 42.7 Å². The van der Waals surface area contributed by atoms with E-state index in [-0.39, 0.29) is 18.5 Å². The molecule has 0 unspecified atom stereocenters. The molecule has 0 fully saturated rings. The van der Waals surface area contributed by atoms with Crippen LogP contribution < -0.4 is 10.1 Å². The summed E-state index contributed by atoms with van der Waals surface area (Å²) in [6, 6.07) is 19.0. The summed E-state index contributed by atoms with van der Waals surface area (Å²) in [5, 5.41) is 2.78. The minimum atomic E-state index is -0.196. The highest BCUT2D eigenvalue weighted by atomic mass is 16.5. The third kappa shape index (κ3) is 5.68.